The molecule has 16 heavy (non-hydrogen) atoms. The summed E-state index contributed by atoms with van der Waals surface area (Å²) in [5.41, 5.74) is 1.89. The second-order valence-corrected chi connectivity index (χ2v) is 3.40. The summed E-state index contributed by atoms with van der Waals surface area (Å²) in [5, 5.41) is 9.39. The van der Waals surface area contributed by atoms with Crippen LogP contribution in [0.5, 0.6) is 0 Å². The number of hydrogen-bond acceptors (Lipinski definition) is 4. The maximum absolute atomic E-state index is 11.6. The first kappa shape index (κ1) is 10.5. The number of nitrogens with one attached hydrogen (secondary N) is 2. The summed E-state index contributed by atoms with van der Waals surface area (Å²) in [7, 11) is 0. The lowest BCUT2D eigenvalue weighted by molar-refractivity contribution is -0.122. The van der Waals surface area contributed by atoms with Crippen LogP contribution < -0.4 is 5.32 Å². The van der Waals surface area contributed by atoms with E-state index in [1.165, 1.54) is 6.26 Å². The van der Waals surface area contributed by atoms with Crippen LogP contribution in [0.15, 0.2) is 18.2 Å². The molecular weight excluding hydrogens is 210 g/mol. The highest BCUT2D eigenvalue weighted by atomic mass is 16.6. The van der Waals surface area contributed by atoms with Crippen LogP contribution >= 0.6 is 0 Å². The number of amides is 1. The maximum Gasteiger partial charge on any atom is 0.289 e. The molecule has 1 aliphatic heterocycles. The molecule has 6 heteroatoms. The summed E-state index contributed by atoms with van der Waals surface area (Å²) >= 11 is 0. The molecule has 2 heterocycles. The minimum Gasteiger partial charge on any atom is -0.494 e. The number of aromatic nitrogens is 2. The first-order chi connectivity index (χ1) is 7.77. The van der Waals surface area contributed by atoms with E-state index >= 15 is 0 Å². The second kappa shape index (κ2) is 4.69. The quantitative estimate of drug-likeness (QED) is 0.768. The van der Waals surface area contributed by atoms with Crippen molar-refractivity contribution in [3.8, 4) is 0 Å². The SMILES string of the molecule is Cc1[nH]ncc1CNC(=O)C1=COCCO1. The first-order valence-corrected chi connectivity index (χ1v) is 4.99. The Balaban J connectivity index is 1.88. The monoisotopic (exact) mass is 223 g/mol. The van der Waals surface area contributed by atoms with Crippen LogP contribution in [-0.4, -0.2) is 29.3 Å². The molecule has 1 aromatic heterocycles. The predicted octanol–water partition coefficient (Wildman–Crippen LogP) is 0.223. The lowest BCUT2D eigenvalue weighted by Crippen LogP contribution is -2.28. The van der Waals surface area contributed by atoms with E-state index in [9.17, 15) is 4.79 Å². The minimum atomic E-state index is -0.277. The van der Waals surface area contributed by atoms with Gasteiger partial charge in [0.05, 0.1) is 6.20 Å². The molecule has 2 rings (SSSR count). The number of carbonyl (C=O) groups is 1. The van der Waals surface area contributed by atoms with Gasteiger partial charge in [-0.25, -0.2) is 0 Å². The largest absolute Gasteiger partial charge is 0.494 e. The van der Waals surface area contributed by atoms with Gasteiger partial charge in [0.1, 0.15) is 19.5 Å². The Morgan fingerprint density at radius 3 is 3.12 bits per heavy atom. The molecule has 6 nitrogen and oxygen atoms in total. The molecule has 0 unspecified atom stereocenters. The number of rotatable bonds is 3. The summed E-state index contributed by atoms with van der Waals surface area (Å²) in [4.78, 5) is 11.6. The Morgan fingerprint density at radius 1 is 1.62 bits per heavy atom. The molecule has 1 amide bonds. The maximum atomic E-state index is 11.6. The number of nitrogens with zero attached hydrogens (tertiary/aromatic N) is 1. The zero-order valence-electron chi connectivity index (χ0n) is 8.95. The van der Waals surface area contributed by atoms with Crippen LogP contribution in [0.2, 0.25) is 0 Å². The Hall–Kier alpha value is -1.98. The van der Waals surface area contributed by atoms with Crippen molar-refractivity contribution < 1.29 is 14.3 Å². The van der Waals surface area contributed by atoms with Crippen LogP contribution in [0, 0.1) is 6.92 Å². The summed E-state index contributed by atoms with van der Waals surface area (Å²) in [6, 6.07) is 0. The summed E-state index contributed by atoms with van der Waals surface area (Å²) < 4.78 is 10.1. The topological polar surface area (TPSA) is 76.2 Å². The zero-order chi connectivity index (χ0) is 11.4. The molecular formula is C10H13N3O3. The van der Waals surface area contributed by atoms with Crippen molar-refractivity contribution in [2.45, 2.75) is 13.5 Å². The molecule has 1 aliphatic rings. The van der Waals surface area contributed by atoms with Gasteiger partial charge in [-0.1, -0.05) is 0 Å². The molecule has 0 aliphatic carbocycles. The number of H-pyrrole nitrogens is 1. The number of hydrogen-bond donors (Lipinski definition) is 2. The third-order valence-electron chi connectivity index (χ3n) is 2.25. The molecule has 0 bridgehead atoms. The van der Waals surface area contributed by atoms with Crippen LogP contribution in [-0.2, 0) is 20.8 Å². The minimum absolute atomic E-state index is 0.215. The van der Waals surface area contributed by atoms with Crippen LogP contribution in [0.4, 0.5) is 0 Å². The zero-order valence-corrected chi connectivity index (χ0v) is 8.95. The summed E-state index contributed by atoms with van der Waals surface area (Å²) in [5.74, 6) is -0.0623. The molecule has 2 N–H and O–H groups in total. The third-order valence-corrected chi connectivity index (χ3v) is 2.25. The van der Waals surface area contributed by atoms with Gasteiger partial charge in [0.2, 0.25) is 5.76 Å². The van der Waals surface area contributed by atoms with E-state index in [2.05, 4.69) is 15.5 Å². The van der Waals surface area contributed by atoms with Crippen molar-refractivity contribution in [1.29, 1.82) is 0 Å². The summed E-state index contributed by atoms with van der Waals surface area (Å²) in [6.45, 7) is 3.21. The van der Waals surface area contributed by atoms with Gasteiger partial charge in [0, 0.05) is 17.8 Å². The highest BCUT2D eigenvalue weighted by Gasteiger charge is 2.14. The van der Waals surface area contributed by atoms with Gasteiger partial charge >= 0.3 is 0 Å². The van der Waals surface area contributed by atoms with Gasteiger partial charge in [-0.05, 0) is 6.92 Å². The number of carbonyl (C=O) groups excluding carboxylic acids is 1. The van der Waals surface area contributed by atoms with Gasteiger partial charge in [-0.2, -0.15) is 5.10 Å². The van der Waals surface area contributed by atoms with Gasteiger partial charge in [0.25, 0.3) is 5.91 Å². The fourth-order valence-corrected chi connectivity index (χ4v) is 1.30. The van der Waals surface area contributed by atoms with E-state index in [0.717, 1.165) is 11.3 Å². The van der Waals surface area contributed by atoms with Crippen molar-refractivity contribution in [1.82, 2.24) is 15.5 Å². The normalized spacial score (nSPS) is 14.7. The average Bonchev–Trinajstić information content (AvgIpc) is 2.73. The fourth-order valence-electron chi connectivity index (χ4n) is 1.30. The van der Waals surface area contributed by atoms with Crippen molar-refractivity contribution in [2.24, 2.45) is 0 Å². The molecule has 1 aromatic rings. The molecule has 0 aromatic carbocycles. The molecule has 0 saturated heterocycles. The van der Waals surface area contributed by atoms with Crippen LogP contribution in [0.25, 0.3) is 0 Å². The third kappa shape index (κ3) is 2.33. The fraction of sp³-hybridized carbons (Fsp3) is 0.400. The Bertz CT molecular complexity index is 411. The van der Waals surface area contributed by atoms with Gasteiger partial charge in [-0.15, -0.1) is 0 Å². The molecule has 86 valence electrons. The van der Waals surface area contributed by atoms with E-state index in [-0.39, 0.29) is 11.7 Å². The Labute approximate surface area is 92.6 Å². The molecule has 0 radical (unpaired) electrons. The second-order valence-electron chi connectivity index (χ2n) is 3.40. The Morgan fingerprint density at radius 2 is 2.50 bits per heavy atom. The lowest BCUT2D eigenvalue weighted by atomic mass is 10.2. The average molecular weight is 223 g/mol. The van der Waals surface area contributed by atoms with E-state index in [4.69, 9.17) is 9.47 Å². The van der Waals surface area contributed by atoms with E-state index in [1.54, 1.807) is 6.20 Å². The van der Waals surface area contributed by atoms with Crippen LogP contribution in [0.1, 0.15) is 11.3 Å². The van der Waals surface area contributed by atoms with E-state index in [1.807, 2.05) is 6.92 Å². The van der Waals surface area contributed by atoms with Crippen molar-refractivity contribution in [3.63, 3.8) is 0 Å². The molecule has 0 saturated carbocycles. The van der Waals surface area contributed by atoms with Crippen molar-refractivity contribution >= 4 is 5.91 Å². The van der Waals surface area contributed by atoms with Gasteiger partial charge in [-0.3, -0.25) is 9.89 Å². The molecule has 0 atom stereocenters. The number of aromatic amines is 1. The van der Waals surface area contributed by atoms with Crippen molar-refractivity contribution in [2.75, 3.05) is 13.2 Å². The predicted molar refractivity (Wildman–Crippen MR) is 55.2 cm³/mol. The standard InChI is InChI=1S/C10H13N3O3/c1-7-8(5-12-13-7)4-11-10(14)9-6-15-2-3-16-9/h5-6H,2-4H2,1H3,(H,11,14)(H,12,13). The molecule has 0 fully saturated rings. The summed E-state index contributed by atoms with van der Waals surface area (Å²) in [6.07, 6.45) is 3.02. The van der Waals surface area contributed by atoms with E-state index < -0.39 is 0 Å². The van der Waals surface area contributed by atoms with Crippen molar-refractivity contribution in [3.05, 3.63) is 29.5 Å². The van der Waals surface area contributed by atoms with Crippen LogP contribution in [0.3, 0.4) is 0 Å². The first-order valence-electron chi connectivity index (χ1n) is 4.99. The highest BCUT2D eigenvalue weighted by Crippen LogP contribution is 2.06. The number of aryl methyl sites for hydroxylation is 1. The van der Waals surface area contributed by atoms with Gasteiger partial charge < -0.3 is 14.8 Å². The Kier molecular flexibility index (Phi) is 3.09. The lowest BCUT2D eigenvalue weighted by Gasteiger charge is -2.14. The highest BCUT2D eigenvalue weighted by molar-refractivity contribution is 5.91. The van der Waals surface area contributed by atoms with E-state index in [0.29, 0.717) is 19.8 Å². The number of ether oxygens (including phenoxy) is 2. The smallest absolute Gasteiger partial charge is 0.289 e. The van der Waals surface area contributed by atoms with Gasteiger partial charge in [0.15, 0.2) is 0 Å². The molecule has 0 spiro atoms.